The van der Waals surface area contributed by atoms with Crippen LogP contribution >= 0.6 is 0 Å². The van der Waals surface area contributed by atoms with Crippen LogP contribution in [0.5, 0.6) is 11.5 Å². The second kappa shape index (κ2) is 7.41. The zero-order chi connectivity index (χ0) is 23.3. The summed E-state index contributed by atoms with van der Waals surface area (Å²) in [6, 6.07) is 8.35. The van der Waals surface area contributed by atoms with Crippen molar-refractivity contribution in [3.63, 3.8) is 0 Å². The molecule has 6 fully saturated rings. The largest absolute Gasteiger partial charge is 0.462 e. The predicted octanol–water partition coefficient (Wildman–Crippen LogP) is 3.77. The van der Waals surface area contributed by atoms with Crippen molar-refractivity contribution >= 4 is 0 Å². The molecule has 0 spiro atoms. The van der Waals surface area contributed by atoms with E-state index in [4.69, 9.17) is 37.9 Å². The van der Waals surface area contributed by atoms with Gasteiger partial charge in [-0.3, -0.25) is 0 Å². The fraction of sp³-hybridized carbons (Fsp3) is 0.556. The molecule has 35 heavy (non-hydrogen) atoms. The van der Waals surface area contributed by atoms with Crippen LogP contribution in [0.4, 0.5) is 0 Å². The second-order valence-corrected chi connectivity index (χ2v) is 10.6. The third-order valence-corrected chi connectivity index (χ3v) is 7.55. The van der Waals surface area contributed by atoms with E-state index >= 15 is 0 Å². The molecular formula is C27H28O8. The summed E-state index contributed by atoms with van der Waals surface area (Å²) in [6.07, 6.45) is -0.291. The van der Waals surface area contributed by atoms with E-state index in [1.54, 1.807) is 0 Å². The predicted molar refractivity (Wildman–Crippen MR) is 121 cm³/mol. The smallest absolute Gasteiger partial charge is 0.223 e. The van der Waals surface area contributed by atoms with Gasteiger partial charge >= 0.3 is 0 Å². The summed E-state index contributed by atoms with van der Waals surface area (Å²) in [5.41, 5.74) is 6.69. The van der Waals surface area contributed by atoms with Crippen LogP contribution in [0.3, 0.4) is 0 Å². The molecule has 0 amide bonds. The summed E-state index contributed by atoms with van der Waals surface area (Å²) in [5, 5.41) is 0. The maximum atomic E-state index is 6.44. The van der Waals surface area contributed by atoms with Gasteiger partial charge in [-0.2, -0.15) is 0 Å². The van der Waals surface area contributed by atoms with E-state index in [0.717, 1.165) is 22.6 Å². The Hall–Kier alpha value is -2.20. The quantitative estimate of drug-likeness (QED) is 0.475. The number of hydrogen-bond acceptors (Lipinski definition) is 8. The van der Waals surface area contributed by atoms with E-state index in [1.165, 1.54) is 22.3 Å². The minimum atomic E-state index is -0.334. The average molecular weight is 481 g/mol. The van der Waals surface area contributed by atoms with Gasteiger partial charge in [-0.25, -0.2) is 0 Å². The maximum Gasteiger partial charge on any atom is 0.223 e. The van der Waals surface area contributed by atoms with E-state index in [2.05, 4.69) is 26.0 Å². The first-order valence-corrected chi connectivity index (χ1v) is 12.5. The molecule has 6 aliphatic rings. The summed E-state index contributed by atoms with van der Waals surface area (Å²) in [6.45, 7) is 8.57. The Balaban J connectivity index is 1.33. The molecule has 184 valence electrons. The Labute approximate surface area is 203 Å². The topological polar surface area (TPSA) is 93.6 Å². The lowest BCUT2D eigenvalue weighted by Crippen LogP contribution is -2.26. The zero-order valence-electron chi connectivity index (χ0n) is 19.8. The van der Waals surface area contributed by atoms with E-state index in [0.29, 0.717) is 39.6 Å². The molecule has 0 bridgehead atoms. The molecule has 0 radical (unpaired) electrons. The maximum absolute atomic E-state index is 6.44. The highest BCUT2D eigenvalue weighted by molar-refractivity contribution is 5.65. The fourth-order valence-electron chi connectivity index (χ4n) is 5.36. The number of benzene rings is 2. The molecule has 2 aromatic rings. The minimum Gasteiger partial charge on any atom is -0.462 e. The van der Waals surface area contributed by atoms with Gasteiger partial charge in [0.1, 0.15) is 49.1 Å². The highest BCUT2D eigenvalue weighted by atomic mass is 16.8. The molecule has 6 atom stereocenters. The molecule has 0 aromatic heterocycles. The van der Waals surface area contributed by atoms with E-state index < -0.39 is 0 Å². The monoisotopic (exact) mass is 480 g/mol. The molecule has 0 N–H and O–H groups in total. The molecule has 6 aliphatic heterocycles. The Kier molecular flexibility index (Phi) is 4.43. The van der Waals surface area contributed by atoms with Gasteiger partial charge in [-0.05, 0) is 34.4 Å². The SMILES string of the molecule is CC(C)(c1ccc(OC2CO2)cc1)c1c(C2CO2)c(C2CO2)c(OC2CO2)c(C2CO2)c1C1CO1. The number of rotatable bonds is 10. The third-order valence-electron chi connectivity index (χ3n) is 7.55. The van der Waals surface area contributed by atoms with Crippen molar-refractivity contribution in [1.82, 2.24) is 0 Å². The summed E-state index contributed by atoms with van der Waals surface area (Å²) in [4.78, 5) is 0. The van der Waals surface area contributed by atoms with Crippen molar-refractivity contribution < 1.29 is 37.9 Å². The van der Waals surface area contributed by atoms with Gasteiger partial charge in [0.15, 0.2) is 0 Å². The van der Waals surface area contributed by atoms with E-state index in [-0.39, 0.29) is 42.4 Å². The fourth-order valence-corrected chi connectivity index (χ4v) is 5.36. The Morgan fingerprint density at radius 1 is 0.600 bits per heavy atom. The summed E-state index contributed by atoms with van der Waals surface area (Å²) < 4.78 is 46.6. The van der Waals surface area contributed by atoms with Gasteiger partial charge < -0.3 is 37.9 Å². The summed E-state index contributed by atoms with van der Waals surface area (Å²) >= 11 is 0. The van der Waals surface area contributed by atoms with Gasteiger partial charge in [0.25, 0.3) is 0 Å². The standard InChI is InChI=1S/C27H28O8/c1-27(2,13-3-5-14(6-4-13)34-19-11-32-19)25-21(15-7-28-15)23(17-9-30-17)26(35-20-12-33-20)24(18-10-31-18)22(25)16-8-29-16/h3-6,15-20H,7-12H2,1-2H3. The third kappa shape index (κ3) is 3.84. The first-order chi connectivity index (χ1) is 17.1. The Morgan fingerprint density at radius 2 is 1.03 bits per heavy atom. The second-order valence-electron chi connectivity index (χ2n) is 10.6. The van der Waals surface area contributed by atoms with Gasteiger partial charge in [0, 0.05) is 16.5 Å². The van der Waals surface area contributed by atoms with Crippen molar-refractivity contribution in [2.45, 2.75) is 56.3 Å². The molecule has 0 aliphatic carbocycles. The molecule has 8 rings (SSSR count). The lowest BCUT2D eigenvalue weighted by atomic mass is 9.70. The molecule has 0 saturated carbocycles. The van der Waals surface area contributed by atoms with Gasteiger partial charge in [0.2, 0.25) is 12.6 Å². The van der Waals surface area contributed by atoms with Crippen LogP contribution in [0, 0.1) is 0 Å². The summed E-state index contributed by atoms with van der Waals surface area (Å²) in [7, 11) is 0. The first-order valence-electron chi connectivity index (χ1n) is 12.5. The van der Waals surface area contributed by atoms with Gasteiger partial charge in [-0.1, -0.05) is 26.0 Å². The Morgan fingerprint density at radius 3 is 1.46 bits per heavy atom. The first kappa shape index (κ1) is 20.9. The Bertz CT molecular complexity index is 1120. The lowest BCUT2D eigenvalue weighted by Gasteiger charge is -2.34. The highest BCUT2D eigenvalue weighted by Crippen LogP contribution is 2.59. The van der Waals surface area contributed by atoms with Crippen LogP contribution in [0.25, 0.3) is 0 Å². The molecule has 2 aromatic carbocycles. The van der Waals surface area contributed by atoms with Crippen molar-refractivity contribution in [3.8, 4) is 11.5 Å². The van der Waals surface area contributed by atoms with Crippen LogP contribution in [0.15, 0.2) is 24.3 Å². The zero-order valence-corrected chi connectivity index (χ0v) is 19.8. The van der Waals surface area contributed by atoms with Crippen LogP contribution in [-0.4, -0.2) is 52.2 Å². The van der Waals surface area contributed by atoms with Crippen molar-refractivity contribution in [3.05, 3.63) is 57.6 Å². The molecule has 6 heterocycles. The molecule has 8 nitrogen and oxygen atoms in total. The van der Waals surface area contributed by atoms with E-state index in [1.807, 2.05) is 12.1 Å². The van der Waals surface area contributed by atoms with Gasteiger partial charge in [0.05, 0.1) is 26.4 Å². The van der Waals surface area contributed by atoms with Crippen LogP contribution in [-0.2, 0) is 33.8 Å². The summed E-state index contributed by atoms with van der Waals surface area (Å²) in [5.74, 6) is 1.68. The molecule has 6 unspecified atom stereocenters. The van der Waals surface area contributed by atoms with E-state index in [9.17, 15) is 0 Å². The number of ether oxygens (including phenoxy) is 8. The van der Waals surface area contributed by atoms with Crippen molar-refractivity contribution in [2.75, 3.05) is 39.6 Å². The number of hydrogen-bond donors (Lipinski definition) is 0. The molecule has 6 saturated heterocycles. The normalized spacial score (nSPS) is 33.8. The number of epoxide rings is 6. The molecular weight excluding hydrogens is 452 g/mol. The highest BCUT2D eigenvalue weighted by Gasteiger charge is 2.50. The van der Waals surface area contributed by atoms with Gasteiger partial charge in [-0.15, -0.1) is 0 Å². The average Bonchev–Trinajstić information content (AvgIpc) is 3.67. The van der Waals surface area contributed by atoms with Crippen LogP contribution in [0.2, 0.25) is 0 Å². The minimum absolute atomic E-state index is 0.00140. The van der Waals surface area contributed by atoms with Crippen LogP contribution < -0.4 is 9.47 Å². The van der Waals surface area contributed by atoms with Crippen molar-refractivity contribution in [1.29, 1.82) is 0 Å². The molecule has 8 heteroatoms. The van der Waals surface area contributed by atoms with Crippen LogP contribution in [0.1, 0.15) is 71.6 Å². The van der Waals surface area contributed by atoms with Crippen molar-refractivity contribution in [2.24, 2.45) is 0 Å². The lowest BCUT2D eigenvalue weighted by molar-refractivity contribution is 0.173.